The number of nitrogens with one attached hydrogen (secondary N) is 2. The molecule has 0 radical (unpaired) electrons. The molecule has 0 aliphatic heterocycles. The second-order valence-electron chi connectivity index (χ2n) is 9.77. The monoisotopic (exact) mass is 581 g/mol. The summed E-state index contributed by atoms with van der Waals surface area (Å²) in [7, 11) is -2.70. The van der Waals surface area contributed by atoms with Crippen LogP contribution in [0.4, 0.5) is 0 Å². The standard InChI is InChI=1S/C30H35N3O7S/c1-4-5-8-20(2)17-23-18-24(19-32-27(23)30(36)37)29(35)33-41(38,39)25-13-11-22(12-14-25)28(34)31-16-15-21-9-6-7-10-26(21)40-3/h6-7,9-14,18-20H,4-5,8,15-17H2,1-3H3,(H,31,34)(H,33,35)(H,36,37). The molecule has 3 rings (SSSR count). The summed E-state index contributed by atoms with van der Waals surface area (Å²) in [4.78, 5) is 40.7. The number of carbonyl (C=O) groups is 3. The number of benzene rings is 2. The number of para-hydroxylation sites is 1. The zero-order valence-electron chi connectivity index (χ0n) is 23.3. The molecule has 0 fully saturated rings. The van der Waals surface area contributed by atoms with Gasteiger partial charge < -0.3 is 15.2 Å². The van der Waals surface area contributed by atoms with Crippen LogP contribution in [0, 0.1) is 5.92 Å². The Morgan fingerprint density at radius 2 is 1.71 bits per heavy atom. The van der Waals surface area contributed by atoms with Gasteiger partial charge >= 0.3 is 5.97 Å². The number of pyridine rings is 1. The van der Waals surface area contributed by atoms with E-state index in [9.17, 15) is 27.9 Å². The molecule has 2 aromatic carbocycles. The van der Waals surface area contributed by atoms with Gasteiger partial charge in [0.2, 0.25) is 0 Å². The minimum absolute atomic E-state index is 0.0673. The number of rotatable bonds is 14. The Bertz CT molecular complexity index is 1490. The highest BCUT2D eigenvalue weighted by atomic mass is 32.2. The number of carboxylic acids is 1. The van der Waals surface area contributed by atoms with Crippen molar-refractivity contribution in [2.24, 2.45) is 5.92 Å². The number of ether oxygens (including phenoxy) is 1. The Kier molecular flexibility index (Phi) is 11.0. The predicted octanol–water partition coefficient (Wildman–Crippen LogP) is 4.25. The Hall–Kier alpha value is -4.25. The molecule has 11 heteroatoms. The molecule has 0 saturated heterocycles. The lowest BCUT2D eigenvalue weighted by atomic mass is 9.94. The van der Waals surface area contributed by atoms with Crippen LogP contribution in [0.2, 0.25) is 0 Å². The zero-order chi connectivity index (χ0) is 30.0. The number of carboxylic acid groups (broad SMARTS) is 1. The van der Waals surface area contributed by atoms with Crippen molar-refractivity contribution in [1.82, 2.24) is 15.0 Å². The van der Waals surface area contributed by atoms with Crippen molar-refractivity contribution >= 4 is 27.8 Å². The van der Waals surface area contributed by atoms with E-state index in [-0.39, 0.29) is 33.5 Å². The first-order valence-corrected chi connectivity index (χ1v) is 14.8. The quantitative estimate of drug-likeness (QED) is 0.256. The van der Waals surface area contributed by atoms with Gasteiger partial charge in [-0.3, -0.25) is 9.59 Å². The maximum absolute atomic E-state index is 12.9. The third-order valence-electron chi connectivity index (χ3n) is 6.58. The second-order valence-corrected chi connectivity index (χ2v) is 11.4. The van der Waals surface area contributed by atoms with Gasteiger partial charge in [0, 0.05) is 18.3 Å². The molecule has 3 aromatic rings. The van der Waals surface area contributed by atoms with E-state index in [2.05, 4.69) is 17.2 Å². The van der Waals surface area contributed by atoms with E-state index in [1.807, 2.05) is 35.9 Å². The van der Waals surface area contributed by atoms with Crippen LogP contribution >= 0.6 is 0 Å². The van der Waals surface area contributed by atoms with Crippen molar-refractivity contribution < 1.29 is 32.6 Å². The molecule has 0 spiro atoms. The normalized spacial score (nSPS) is 11.9. The summed E-state index contributed by atoms with van der Waals surface area (Å²) in [6.45, 7) is 4.40. The van der Waals surface area contributed by atoms with E-state index in [0.717, 1.165) is 36.8 Å². The predicted molar refractivity (Wildman–Crippen MR) is 154 cm³/mol. The molecule has 0 aliphatic rings. The van der Waals surface area contributed by atoms with Crippen molar-refractivity contribution in [2.45, 2.75) is 50.8 Å². The van der Waals surface area contributed by atoms with Crippen molar-refractivity contribution in [1.29, 1.82) is 0 Å². The summed E-state index contributed by atoms with van der Waals surface area (Å²) in [5.74, 6) is -1.64. The highest BCUT2D eigenvalue weighted by molar-refractivity contribution is 7.90. The van der Waals surface area contributed by atoms with Crippen molar-refractivity contribution in [3.8, 4) is 5.75 Å². The van der Waals surface area contributed by atoms with Gasteiger partial charge in [0.25, 0.3) is 21.8 Å². The number of hydrogen-bond donors (Lipinski definition) is 3. The van der Waals surface area contributed by atoms with Crippen molar-refractivity contribution in [2.75, 3.05) is 13.7 Å². The topological polar surface area (TPSA) is 152 Å². The smallest absolute Gasteiger partial charge is 0.354 e. The van der Waals surface area contributed by atoms with Crippen LogP contribution in [0.25, 0.3) is 0 Å². The first-order chi connectivity index (χ1) is 19.6. The first-order valence-electron chi connectivity index (χ1n) is 13.3. The van der Waals surface area contributed by atoms with Crippen molar-refractivity contribution in [3.63, 3.8) is 0 Å². The fraction of sp³-hybridized carbons (Fsp3) is 0.333. The Morgan fingerprint density at radius 1 is 1.00 bits per heavy atom. The SMILES string of the molecule is CCCCC(C)Cc1cc(C(=O)NS(=O)(=O)c2ccc(C(=O)NCCc3ccccc3OC)cc2)cnc1C(=O)O. The summed E-state index contributed by atoms with van der Waals surface area (Å²) < 4.78 is 33.1. The average Bonchev–Trinajstić information content (AvgIpc) is 2.95. The molecule has 1 heterocycles. The summed E-state index contributed by atoms with van der Waals surface area (Å²) in [6, 6.07) is 14.0. The van der Waals surface area contributed by atoms with E-state index in [1.54, 1.807) is 7.11 Å². The molecule has 1 atom stereocenters. The lowest BCUT2D eigenvalue weighted by Gasteiger charge is -2.14. The van der Waals surface area contributed by atoms with Gasteiger partial charge in [0.1, 0.15) is 5.75 Å². The Labute approximate surface area is 240 Å². The van der Waals surface area contributed by atoms with Gasteiger partial charge in [-0.15, -0.1) is 0 Å². The molecular formula is C30H35N3O7S. The van der Waals surface area contributed by atoms with E-state index in [4.69, 9.17) is 4.74 Å². The van der Waals surface area contributed by atoms with Gasteiger partial charge in [0.15, 0.2) is 5.69 Å². The van der Waals surface area contributed by atoms with Crippen LogP contribution in [0.3, 0.4) is 0 Å². The summed E-state index contributed by atoms with van der Waals surface area (Å²) in [6.07, 6.45) is 4.87. The van der Waals surface area contributed by atoms with Crippen LogP contribution in [0.15, 0.2) is 65.7 Å². The number of methoxy groups -OCH3 is 1. The fourth-order valence-electron chi connectivity index (χ4n) is 4.36. The number of sulfonamides is 1. The van der Waals surface area contributed by atoms with E-state index < -0.39 is 21.9 Å². The molecule has 1 unspecified atom stereocenters. The van der Waals surface area contributed by atoms with Gasteiger partial charge in [0.05, 0.1) is 17.6 Å². The maximum atomic E-state index is 12.9. The zero-order valence-corrected chi connectivity index (χ0v) is 24.2. The van der Waals surface area contributed by atoms with Gasteiger partial charge in [-0.25, -0.2) is 22.9 Å². The average molecular weight is 582 g/mol. The second kappa shape index (κ2) is 14.4. The van der Waals surface area contributed by atoms with Crippen LogP contribution in [-0.2, 0) is 22.9 Å². The lowest BCUT2D eigenvalue weighted by molar-refractivity contribution is 0.0687. The summed E-state index contributed by atoms with van der Waals surface area (Å²) >= 11 is 0. The van der Waals surface area contributed by atoms with Gasteiger partial charge in [-0.1, -0.05) is 51.3 Å². The molecule has 0 saturated carbocycles. The van der Waals surface area contributed by atoms with Crippen LogP contribution in [0.1, 0.15) is 75.4 Å². The number of carbonyl (C=O) groups excluding carboxylic acids is 2. The van der Waals surface area contributed by atoms with Gasteiger partial charge in [-0.05, 0) is 66.3 Å². The third-order valence-corrected chi connectivity index (χ3v) is 7.92. The molecule has 2 amide bonds. The third kappa shape index (κ3) is 8.62. The maximum Gasteiger partial charge on any atom is 0.354 e. The molecule has 10 nitrogen and oxygen atoms in total. The Morgan fingerprint density at radius 3 is 2.37 bits per heavy atom. The number of unbranched alkanes of at least 4 members (excludes halogenated alkanes) is 1. The highest BCUT2D eigenvalue weighted by Gasteiger charge is 2.22. The largest absolute Gasteiger partial charge is 0.496 e. The number of aromatic carboxylic acids is 1. The molecule has 218 valence electrons. The fourth-order valence-corrected chi connectivity index (χ4v) is 5.33. The summed E-state index contributed by atoms with van der Waals surface area (Å²) in [5.41, 5.74) is 1.34. The van der Waals surface area contributed by atoms with Crippen molar-refractivity contribution in [3.05, 3.63) is 88.7 Å². The van der Waals surface area contributed by atoms with Crippen LogP contribution < -0.4 is 14.8 Å². The lowest BCUT2D eigenvalue weighted by Crippen LogP contribution is -2.31. The molecule has 3 N–H and O–H groups in total. The summed E-state index contributed by atoms with van der Waals surface area (Å²) in [5, 5.41) is 12.3. The van der Waals surface area contributed by atoms with Gasteiger partial charge in [-0.2, -0.15) is 0 Å². The van der Waals surface area contributed by atoms with E-state index >= 15 is 0 Å². The Balaban J connectivity index is 1.66. The molecular weight excluding hydrogens is 546 g/mol. The first kappa shape index (κ1) is 31.3. The number of aromatic nitrogens is 1. The molecule has 1 aromatic heterocycles. The minimum Gasteiger partial charge on any atom is -0.496 e. The molecule has 0 aliphatic carbocycles. The number of amides is 2. The highest BCUT2D eigenvalue weighted by Crippen LogP contribution is 2.20. The molecule has 0 bridgehead atoms. The van der Waals surface area contributed by atoms with E-state index in [0.29, 0.717) is 24.9 Å². The van der Waals surface area contributed by atoms with Crippen LogP contribution in [-0.4, -0.2) is 49.9 Å². The molecule has 41 heavy (non-hydrogen) atoms. The number of hydrogen-bond acceptors (Lipinski definition) is 7. The van der Waals surface area contributed by atoms with Crippen LogP contribution in [0.5, 0.6) is 5.75 Å². The minimum atomic E-state index is -4.27. The number of nitrogens with zero attached hydrogens (tertiary/aromatic N) is 1. The van der Waals surface area contributed by atoms with E-state index in [1.165, 1.54) is 30.3 Å².